The standard InChI is InChI=1S/C24H31N6O2/c1-16-20(21(22(25)31)27-24(26-16)28(2)3)23(32)30-14-18-12-29(13-19(18)15-30)11-7-10-17-8-5-4-6-9-17/h4-6,8-10,18-19H,7,11-15H2,1-3H3,(H2,25,31)/t18-,19?/m1/s1. The number of rotatable bonds is 7. The van der Waals surface area contributed by atoms with Gasteiger partial charge in [0, 0.05) is 40.3 Å². The Balaban J connectivity index is 1.37. The largest absolute Gasteiger partial charge is 0.364 e. The monoisotopic (exact) mass is 435 g/mol. The Labute approximate surface area is 189 Å². The van der Waals surface area contributed by atoms with Crippen LogP contribution in [0.3, 0.4) is 0 Å². The molecule has 169 valence electrons. The van der Waals surface area contributed by atoms with Gasteiger partial charge in [0.05, 0.1) is 11.3 Å². The van der Waals surface area contributed by atoms with Crippen molar-refractivity contribution in [2.45, 2.75) is 13.3 Å². The highest BCUT2D eigenvalue weighted by Crippen LogP contribution is 2.32. The van der Waals surface area contributed by atoms with Gasteiger partial charge in [-0.25, -0.2) is 9.97 Å². The number of primary amides is 1. The summed E-state index contributed by atoms with van der Waals surface area (Å²) in [6.07, 6.45) is 3.29. The van der Waals surface area contributed by atoms with E-state index in [-0.39, 0.29) is 17.2 Å². The molecule has 2 aliphatic heterocycles. The molecule has 2 aromatic rings. The van der Waals surface area contributed by atoms with E-state index >= 15 is 0 Å². The summed E-state index contributed by atoms with van der Waals surface area (Å²) >= 11 is 0. The molecule has 0 spiro atoms. The Hall–Kier alpha value is -3.00. The highest BCUT2D eigenvalue weighted by Gasteiger charge is 2.42. The summed E-state index contributed by atoms with van der Waals surface area (Å²) in [5.74, 6) is 0.376. The maximum atomic E-state index is 13.3. The number of fused-ring (bicyclic) bond motifs is 1. The van der Waals surface area contributed by atoms with Crippen molar-refractivity contribution in [1.82, 2.24) is 19.8 Å². The van der Waals surface area contributed by atoms with E-state index in [4.69, 9.17) is 5.73 Å². The van der Waals surface area contributed by atoms with Gasteiger partial charge in [-0.15, -0.1) is 0 Å². The summed E-state index contributed by atoms with van der Waals surface area (Å²) in [7, 11) is 3.57. The van der Waals surface area contributed by atoms with Gasteiger partial charge in [0.15, 0.2) is 0 Å². The Kier molecular flexibility index (Phi) is 6.41. The molecule has 1 aromatic carbocycles. The summed E-state index contributed by atoms with van der Waals surface area (Å²) in [5.41, 5.74) is 7.53. The van der Waals surface area contributed by atoms with Crippen LogP contribution < -0.4 is 10.6 Å². The minimum absolute atomic E-state index is 0.00124. The van der Waals surface area contributed by atoms with E-state index in [1.807, 2.05) is 11.0 Å². The van der Waals surface area contributed by atoms with Crippen molar-refractivity contribution in [3.8, 4) is 0 Å². The number of likely N-dealkylation sites (tertiary alicyclic amines) is 2. The van der Waals surface area contributed by atoms with E-state index in [2.05, 4.69) is 45.6 Å². The summed E-state index contributed by atoms with van der Waals surface area (Å²) in [5, 5.41) is 0. The fourth-order valence-electron chi connectivity index (χ4n) is 4.79. The lowest BCUT2D eigenvalue weighted by Gasteiger charge is -2.23. The van der Waals surface area contributed by atoms with E-state index < -0.39 is 5.91 Å². The minimum atomic E-state index is -0.706. The van der Waals surface area contributed by atoms with Gasteiger partial charge >= 0.3 is 0 Å². The molecule has 1 radical (unpaired) electrons. The number of amides is 2. The van der Waals surface area contributed by atoms with Crippen LogP contribution in [0.4, 0.5) is 5.95 Å². The number of hydrogen-bond acceptors (Lipinski definition) is 6. The van der Waals surface area contributed by atoms with E-state index in [0.29, 0.717) is 36.6 Å². The number of carbonyl (C=O) groups excluding carboxylic acids is 2. The third kappa shape index (κ3) is 4.60. The fraction of sp³-hybridized carbons (Fsp3) is 0.458. The van der Waals surface area contributed by atoms with Gasteiger partial charge < -0.3 is 20.4 Å². The molecule has 0 bridgehead atoms. The summed E-state index contributed by atoms with van der Waals surface area (Å²) in [6.45, 7) is 6.13. The molecule has 3 heterocycles. The number of carbonyl (C=O) groups is 2. The van der Waals surface area contributed by atoms with E-state index in [1.165, 1.54) is 5.56 Å². The van der Waals surface area contributed by atoms with Crippen LogP contribution in [0, 0.1) is 25.2 Å². The van der Waals surface area contributed by atoms with Crippen molar-refractivity contribution in [3.63, 3.8) is 0 Å². The molecule has 0 aliphatic carbocycles. The zero-order chi connectivity index (χ0) is 22.8. The van der Waals surface area contributed by atoms with Gasteiger partial charge in [0.1, 0.15) is 5.69 Å². The lowest BCUT2D eigenvalue weighted by Crippen LogP contribution is -2.36. The number of benzene rings is 1. The number of nitrogens with two attached hydrogens (primary N) is 1. The quantitative estimate of drug-likeness (QED) is 0.710. The Morgan fingerprint density at radius 1 is 1.09 bits per heavy atom. The van der Waals surface area contributed by atoms with Crippen LogP contribution in [0.1, 0.15) is 38.5 Å². The first-order chi connectivity index (χ1) is 15.3. The molecule has 4 rings (SSSR count). The van der Waals surface area contributed by atoms with Crippen molar-refractivity contribution in [2.75, 3.05) is 51.7 Å². The summed E-state index contributed by atoms with van der Waals surface area (Å²) in [4.78, 5) is 40.0. The maximum Gasteiger partial charge on any atom is 0.268 e. The van der Waals surface area contributed by atoms with Gasteiger partial charge in [-0.05, 0) is 43.7 Å². The average molecular weight is 436 g/mol. The lowest BCUT2D eigenvalue weighted by atomic mass is 10.0. The summed E-state index contributed by atoms with van der Waals surface area (Å²) < 4.78 is 0. The number of aromatic nitrogens is 2. The van der Waals surface area contributed by atoms with Gasteiger partial charge in [0.25, 0.3) is 11.8 Å². The Bertz CT molecular complexity index is 979. The van der Waals surface area contributed by atoms with Crippen LogP contribution in [0.5, 0.6) is 0 Å². The molecule has 1 aromatic heterocycles. The second-order valence-corrected chi connectivity index (χ2v) is 8.98. The van der Waals surface area contributed by atoms with Gasteiger partial charge in [-0.3, -0.25) is 9.59 Å². The molecule has 8 heteroatoms. The first-order valence-electron chi connectivity index (χ1n) is 11.1. The van der Waals surface area contributed by atoms with Crippen molar-refractivity contribution >= 4 is 17.8 Å². The van der Waals surface area contributed by atoms with Crippen LogP contribution in [0.15, 0.2) is 30.3 Å². The zero-order valence-electron chi connectivity index (χ0n) is 19.0. The lowest BCUT2D eigenvalue weighted by molar-refractivity contribution is 0.0766. The van der Waals surface area contributed by atoms with Crippen molar-refractivity contribution in [2.24, 2.45) is 17.6 Å². The van der Waals surface area contributed by atoms with Crippen LogP contribution in [-0.4, -0.2) is 78.4 Å². The van der Waals surface area contributed by atoms with Crippen LogP contribution in [0.2, 0.25) is 0 Å². The van der Waals surface area contributed by atoms with Crippen LogP contribution in [-0.2, 0) is 0 Å². The molecule has 32 heavy (non-hydrogen) atoms. The van der Waals surface area contributed by atoms with E-state index in [0.717, 1.165) is 26.1 Å². The molecule has 2 saturated heterocycles. The van der Waals surface area contributed by atoms with Gasteiger partial charge in [-0.1, -0.05) is 30.3 Å². The fourth-order valence-corrected chi connectivity index (χ4v) is 4.79. The Morgan fingerprint density at radius 3 is 2.34 bits per heavy atom. The Morgan fingerprint density at radius 2 is 1.75 bits per heavy atom. The first-order valence-corrected chi connectivity index (χ1v) is 11.1. The van der Waals surface area contributed by atoms with E-state index in [1.54, 1.807) is 25.9 Å². The predicted molar refractivity (Wildman–Crippen MR) is 123 cm³/mol. The topological polar surface area (TPSA) is 95.7 Å². The number of hydrogen-bond donors (Lipinski definition) is 1. The minimum Gasteiger partial charge on any atom is -0.364 e. The predicted octanol–water partition coefficient (Wildman–Crippen LogP) is 1.60. The van der Waals surface area contributed by atoms with E-state index in [9.17, 15) is 9.59 Å². The first kappa shape index (κ1) is 22.2. The molecule has 2 N–H and O–H groups in total. The van der Waals surface area contributed by atoms with Gasteiger partial charge in [-0.2, -0.15) is 0 Å². The average Bonchev–Trinajstić information content (AvgIpc) is 3.32. The highest BCUT2D eigenvalue weighted by atomic mass is 16.2. The normalized spacial score (nSPS) is 20.4. The smallest absolute Gasteiger partial charge is 0.268 e. The maximum absolute atomic E-state index is 13.3. The molecule has 2 fully saturated rings. The summed E-state index contributed by atoms with van der Waals surface area (Å²) in [6, 6.07) is 10.4. The molecule has 2 atom stereocenters. The molecule has 2 amide bonds. The highest BCUT2D eigenvalue weighted by molar-refractivity contribution is 6.06. The molecule has 8 nitrogen and oxygen atoms in total. The second kappa shape index (κ2) is 9.24. The molecular weight excluding hydrogens is 404 g/mol. The molecule has 0 saturated carbocycles. The molecule has 2 aliphatic rings. The van der Waals surface area contributed by atoms with Crippen LogP contribution >= 0.6 is 0 Å². The van der Waals surface area contributed by atoms with Crippen molar-refractivity contribution in [3.05, 3.63) is 59.3 Å². The SMILES string of the molecule is Cc1nc(N(C)C)nc(C(N)=O)c1C(=O)N1CC2CN(CC[CH]c3ccccc3)C[C@@H]2C1. The molecular formula is C24H31N6O2. The molecule has 1 unspecified atom stereocenters. The van der Waals surface area contributed by atoms with Crippen molar-refractivity contribution in [1.29, 1.82) is 0 Å². The number of nitrogens with zero attached hydrogens (tertiary/aromatic N) is 5. The third-order valence-corrected chi connectivity index (χ3v) is 6.40. The second-order valence-electron chi connectivity index (χ2n) is 8.98. The van der Waals surface area contributed by atoms with Crippen molar-refractivity contribution < 1.29 is 9.59 Å². The van der Waals surface area contributed by atoms with Crippen LogP contribution in [0.25, 0.3) is 0 Å². The zero-order valence-corrected chi connectivity index (χ0v) is 19.0. The number of aryl methyl sites for hydroxylation is 1. The third-order valence-electron chi connectivity index (χ3n) is 6.40. The number of anilines is 1. The van der Waals surface area contributed by atoms with Gasteiger partial charge in [0.2, 0.25) is 5.95 Å².